The number of aryl methyl sites for hydroxylation is 2. The van der Waals surface area contributed by atoms with E-state index in [9.17, 15) is 0 Å². The molecular formula is C13H14N4O. The molecule has 18 heavy (non-hydrogen) atoms. The molecule has 0 aliphatic rings. The van der Waals surface area contributed by atoms with E-state index in [1.807, 2.05) is 38.4 Å². The van der Waals surface area contributed by atoms with Gasteiger partial charge in [-0.2, -0.15) is 5.10 Å². The van der Waals surface area contributed by atoms with E-state index in [2.05, 4.69) is 10.1 Å². The number of oxazole rings is 1. The highest BCUT2D eigenvalue weighted by Gasteiger charge is 2.17. The largest absolute Gasteiger partial charge is 0.439 e. The van der Waals surface area contributed by atoms with Gasteiger partial charge in [0.15, 0.2) is 5.58 Å². The molecule has 5 nitrogen and oxygen atoms in total. The number of rotatable bonds is 2. The highest BCUT2D eigenvalue weighted by atomic mass is 16.3. The normalized spacial score (nSPS) is 13.1. The summed E-state index contributed by atoms with van der Waals surface area (Å²) in [4.78, 5) is 4.43. The van der Waals surface area contributed by atoms with Gasteiger partial charge < -0.3 is 10.2 Å². The molecule has 0 bridgehead atoms. The van der Waals surface area contributed by atoms with E-state index >= 15 is 0 Å². The van der Waals surface area contributed by atoms with Gasteiger partial charge in [0.2, 0.25) is 5.89 Å². The van der Waals surface area contributed by atoms with E-state index in [0.717, 1.165) is 22.2 Å². The van der Waals surface area contributed by atoms with Crippen molar-refractivity contribution in [2.45, 2.75) is 13.0 Å². The lowest BCUT2D eigenvalue weighted by Gasteiger charge is -2.02. The van der Waals surface area contributed by atoms with Crippen molar-refractivity contribution >= 4 is 11.1 Å². The maximum absolute atomic E-state index is 6.12. The summed E-state index contributed by atoms with van der Waals surface area (Å²) < 4.78 is 7.39. The molecular weight excluding hydrogens is 228 g/mol. The molecule has 0 saturated heterocycles. The Morgan fingerprint density at radius 1 is 1.39 bits per heavy atom. The third-order valence-electron chi connectivity index (χ3n) is 2.91. The van der Waals surface area contributed by atoms with Crippen LogP contribution in [0, 0.1) is 6.92 Å². The molecule has 1 unspecified atom stereocenters. The summed E-state index contributed by atoms with van der Waals surface area (Å²) in [6.07, 6.45) is 3.59. The lowest BCUT2D eigenvalue weighted by Crippen LogP contribution is -2.11. The Kier molecular flexibility index (Phi) is 2.41. The van der Waals surface area contributed by atoms with Gasteiger partial charge in [-0.3, -0.25) is 4.68 Å². The fourth-order valence-electron chi connectivity index (χ4n) is 1.93. The van der Waals surface area contributed by atoms with Crippen LogP contribution in [0.25, 0.3) is 11.1 Å². The van der Waals surface area contributed by atoms with Crippen molar-refractivity contribution in [3.8, 4) is 0 Å². The molecule has 0 aliphatic carbocycles. The first-order valence-corrected chi connectivity index (χ1v) is 5.75. The van der Waals surface area contributed by atoms with Crippen molar-refractivity contribution in [1.29, 1.82) is 0 Å². The number of fused-ring (bicyclic) bond motifs is 1. The molecule has 0 amide bonds. The van der Waals surface area contributed by atoms with E-state index in [0.29, 0.717) is 5.89 Å². The van der Waals surface area contributed by atoms with Crippen LogP contribution in [0.15, 0.2) is 35.0 Å². The molecule has 1 aromatic carbocycles. The first-order chi connectivity index (χ1) is 8.63. The van der Waals surface area contributed by atoms with E-state index < -0.39 is 0 Å². The molecule has 0 aliphatic heterocycles. The van der Waals surface area contributed by atoms with Gasteiger partial charge in [-0.25, -0.2) is 4.98 Å². The third kappa shape index (κ3) is 1.78. The van der Waals surface area contributed by atoms with Gasteiger partial charge >= 0.3 is 0 Å². The Morgan fingerprint density at radius 2 is 2.22 bits per heavy atom. The summed E-state index contributed by atoms with van der Waals surface area (Å²) in [5.41, 5.74) is 9.76. The van der Waals surface area contributed by atoms with Gasteiger partial charge in [0.25, 0.3) is 0 Å². The van der Waals surface area contributed by atoms with Gasteiger partial charge in [-0.05, 0) is 24.6 Å². The number of nitrogens with zero attached hydrogens (tertiary/aromatic N) is 3. The van der Waals surface area contributed by atoms with Gasteiger partial charge in [-0.1, -0.05) is 6.07 Å². The summed E-state index contributed by atoms with van der Waals surface area (Å²) in [5.74, 6) is 0.517. The number of nitrogens with two attached hydrogens (primary N) is 1. The van der Waals surface area contributed by atoms with Crippen LogP contribution in [0.3, 0.4) is 0 Å². The molecule has 5 heteroatoms. The zero-order valence-electron chi connectivity index (χ0n) is 10.3. The van der Waals surface area contributed by atoms with Crippen molar-refractivity contribution < 1.29 is 4.42 Å². The minimum atomic E-state index is -0.383. The van der Waals surface area contributed by atoms with E-state index in [1.165, 1.54) is 0 Å². The minimum Gasteiger partial charge on any atom is -0.439 e. The first kappa shape index (κ1) is 11.0. The highest BCUT2D eigenvalue weighted by Crippen LogP contribution is 2.23. The second kappa shape index (κ2) is 3.96. The fraction of sp³-hybridized carbons (Fsp3) is 0.231. The Hall–Kier alpha value is -2.14. The molecule has 3 rings (SSSR count). The number of benzene rings is 1. The van der Waals surface area contributed by atoms with Crippen LogP contribution in [-0.4, -0.2) is 14.8 Å². The summed E-state index contributed by atoms with van der Waals surface area (Å²) in [6, 6.07) is 5.51. The fourth-order valence-corrected chi connectivity index (χ4v) is 1.93. The molecule has 0 fully saturated rings. The SMILES string of the molecule is Cc1ccc2oc(C(N)c3cnn(C)c3)nc2c1. The van der Waals surface area contributed by atoms with Crippen molar-refractivity contribution in [1.82, 2.24) is 14.8 Å². The van der Waals surface area contributed by atoms with Crippen molar-refractivity contribution in [2.75, 3.05) is 0 Å². The van der Waals surface area contributed by atoms with Crippen LogP contribution in [0.4, 0.5) is 0 Å². The average molecular weight is 242 g/mol. The molecule has 0 radical (unpaired) electrons. The molecule has 2 heterocycles. The summed E-state index contributed by atoms with van der Waals surface area (Å²) in [5, 5.41) is 4.10. The lowest BCUT2D eigenvalue weighted by atomic mass is 10.2. The Labute approximate surface area is 104 Å². The van der Waals surface area contributed by atoms with Crippen molar-refractivity contribution in [3.05, 3.63) is 47.6 Å². The maximum atomic E-state index is 6.12. The van der Waals surface area contributed by atoms with Crippen molar-refractivity contribution in [3.63, 3.8) is 0 Å². The molecule has 1 atom stereocenters. The van der Waals surface area contributed by atoms with Gasteiger partial charge in [0.05, 0.1) is 6.20 Å². The summed E-state index contributed by atoms with van der Waals surface area (Å²) in [7, 11) is 1.85. The average Bonchev–Trinajstić information content (AvgIpc) is 2.93. The first-order valence-electron chi connectivity index (χ1n) is 5.75. The summed E-state index contributed by atoms with van der Waals surface area (Å²) >= 11 is 0. The van der Waals surface area contributed by atoms with Crippen LogP contribution in [0.5, 0.6) is 0 Å². The minimum absolute atomic E-state index is 0.383. The van der Waals surface area contributed by atoms with Gasteiger partial charge in [-0.15, -0.1) is 0 Å². The molecule has 2 aromatic heterocycles. The monoisotopic (exact) mass is 242 g/mol. The van der Waals surface area contributed by atoms with Crippen LogP contribution < -0.4 is 5.73 Å². The van der Waals surface area contributed by atoms with Crippen LogP contribution >= 0.6 is 0 Å². The van der Waals surface area contributed by atoms with Gasteiger partial charge in [0.1, 0.15) is 11.6 Å². The smallest absolute Gasteiger partial charge is 0.217 e. The second-order valence-corrected chi connectivity index (χ2v) is 4.45. The Balaban J connectivity index is 2.03. The highest BCUT2D eigenvalue weighted by molar-refractivity contribution is 5.73. The van der Waals surface area contributed by atoms with E-state index in [4.69, 9.17) is 10.2 Å². The molecule has 2 N–H and O–H groups in total. The molecule has 92 valence electrons. The lowest BCUT2D eigenvalue weighted by molar-refractivity contribution is 0.505. The molecule has 0 saturated carbocycles. The second-order valence-electron chi connectivity index (χ2n) is 4.45. The zero-order valence-corrected chi connectivity index (χ0v) is 10.3. The van der Waals surface area contributed by atoms with Crippen molar-refractivity contribution in [2.24, 2.45) is 12.8 Å². The van der Waals surface area contributed by atoms with Crippen LogP contribution in [0.2, 0.25) is 0 Å². The standard InChI is InChI=1S/C13H14N4O/c1-8-3-4-11-10(5-8)16-13(18-11)12(14)9-6-15-17(2)7-9/h3-7,12H,14H2,1-2H3. The van der Waals surface area contributed by atoms with Gasteiger partial charge in [0, 0.05) is 18.8 Å². The molecule has 0 spiro atoms. The number of hydrogen-bond donors (Lipinski definition) is 1. The van der Waals surface area contributed by atoms with Crippen LogP contribution in [-0.2, 0) is 7.05 Å². The van der Waals surface area contributed by atoms with E-state index in [1.54, 1.807) is 10.9 Å². The summed E-state index contributed by atoms with van der Waals surface area (Å²) in [6.45, 7) is 2.02. The van der Waals surface area contributed by atoms with Crippen LogP contribution in [0.1, 0.15) is 23.1 Å². The third-order valence-corrected chi connectivity index (χ3v) is 2.91. The number of hydrogen-bond acceptors (Lipinski definition) is 4. The maximum Gasteiger partial charge on any atom is 0.217 e. The van der Waals surface area contributed by atoms with E-state index in [-0.39, 0.29) is 6.04 Å². The zero-order chi connectivity index (χ0) is 12.7. The number of aromatic nitrogens is 3. The predicted octanol–water partition coefficient (Wildman–Crippen LogP) is 1.92. The Bertz CT molecular complexity index is 698. The Morgan fingerprint density at radius 3 is 2.94 bits per heavy atom. The molecule has 3 aromatic rings. The quantitative estimate of drug-likeness (QED) is 0.745. The topological polar surface area (TPSA) is 69.9 Å². The predicted molar refractivity (Wildman–Crippen MR) is 68.0 cm³/mol.